The zero-order valence-electron chi connectivity index (χ0n) is 10.7. The Morgan fingerprint density at radius 2 is 1.90 bits per heavy atom. The summed E-state index contributed by atoms with van der Waals surface area (Å²) in [4.78, 5) is 11.0. The van der Waals surface area contributed by atoms with Crippen LogP contribution >= 0.6 is 0 Å². The summed E-state index contributed by atoms with van der Waals surface area (Å²) in [5.74, 6) is -0.557. The molecule has 100 valence electrons. The maximum absolute atomic E-state index is 11.0. The molecule has 4 heteroatoms. The van der Waals surface area contributed by atoms with Gasteiger partial charge in [0, 0.05) is 11.1 Å². The van der Waals surface area contributed by atoms with E-state index in [1.165, 1.54) is 12.3 Å². The van der Waals surface area contributed by atoms with Gasteiger partial charge in [-0.25, -0.2) is 4.79 Å². The molecule has 1 aromatic heterocycles. The third-order valence-corrected chi connectivity index (χ3v) is 3.20. The number of rotatable bonds is 4. The van der Waals surface area contributed by atoms with Crippen molar-refractivity contribution in [3.8, 4) is 0 Å². The lowest BCUT2D eigenvalue weighted by Gasteiger charge is -2.09. The molecule has 0 fully saturated rings. The third-order valence-electron chi connectivity index (χ3n) is 3.20. The number of aromatic carboxylic acids is 1. The van der Waals surface area contributed by atoms with E-state index in [-0.39, 0.29) is 5.56 Å². The van der Waals surface area contributed by atoms with Crippen LogP contribution in [0.5, 0.6) is 0 Å². The number of hydrogen-bond acceptors (Lipinski definition) is 3. The molecule has 0 amide bonds. The Labute approximate surface area is 115 Å². The fourth-order valence-electron chi connectivity index (χ4n) is 2.22. The molecule has 3 rings (SSSR count). The first kappa shape index (κ1) is 12.3. The highest BCUT2D eigenvalue weighted by molar-refractivity contribution is 5.94. The van der Waals surface area contributed by atoms with E-state index in [4.69, 9.17) is 9.52 Å². The van der Waals surface area contributed by atoms with Crippen molar-refractivity contribution in [2.75, 3.05) is 5.32 Å². The molecular weight excluding hydrogens is 254 g/mol. The first-order chi connectivity index (χ1) is 9.75. The highest BCUT2D eigenvalue weighted by Crippen LogP contribution is 2.24. The number of nitrogens with one attached hydrogen (secondary N) is 1. The SMILES string of the molecule is O=C(O)c1ccoc1CNc1cccc2ccccc12. The third kappa shape index (κ3) is 2.23. The molecule has 0 aliphatic rings. The van der Waals surface area contributed by atoms with Crippen LogP contribution in [0.15, 0.2) is 59.2 Å². The highest BCUT2D eigenvalue weighted by Gasteiger charge is 2.13. The van der Waals surface area contributed by atoms with E-state index >= 15 is 0 Å². The van der Waals surface area contributed by atoms with Gasteiger partial charge in [0.25, 0.3) is 0 Å². The molecule has 2 N–H and O–H groups in total. The van der Waals surface area contributed by atoms with Crippen LogP contribution < -0.4 is 5.32 Å². The second-order valence-electron chi connectivity index (χ2n) is 4.44. The number of fused-ring (bicyclic) bond motifs is 1. The molecule has 0 radical (unpaired) electrons. The zero-order chi connectivity index (χ0) is 13.9. The normalized spacial score (nSPS) is 10.6. The van der Waals surface area contributed by atoms with Crippen LogP contribution in [0.1, 0.15) is 16.1 Å². The van der Waals surface area contributed by atoms with Gasteiger partial charge in [0.1, 0.15) is 11.3 Å². The van der Waals surface area contributed by atoms with Crippen LogP contribution in [0, 0.1) is 0 Å². The van der Waals surface area contributed by atoms with Crippen LogP contribution in [0.4, 0.5) is 5.69 Å². The summed E-state index contributed by atoms with van der Waals surface area (Å²) < 4.78 is 5.22. The molecule has 0 unspecified atom stereocenters. The molecule has 0 saturated heterocycles. The quantitative estimate of drug-likeness (QED) is 0.755. The van der Waals surface area contributed by atoms with Crippen LogP contribution in [-0.4, -0.2) is 11.1 Å². The van der Waals surface area contributed by atoms with Gasteiger partial charge >= 0.3 is 5.97 Å². The van der Waals surface area contributed by atoms with E-state index < -0.39 is 5.97 Å². The predicted octanol–water partition coefficient (Wildman–Crippen LogP) is 3.74. The van der Waals surface area contributed by atoms with Gasteiger partial charge in [0.15, 0.2) is 0 Å². The summed E-state index contributed by atoms with van der Waals surface area (Å²) in [6.07, 6.45) is 1.39. The molecule has 20 heavy (non-hydrogen) atoms. The molecule has 0 spiro atoms. The average Bonchev–Trinajstić information content (AvgIpc) is 2.93. The minimum absolute atomic E-state index is 0.192. The molecule has 4 nitrogen and oxygen atoms in total. The molecule has 0 aliphatic carbocycles. The maximum Gasteiger partial charge on any atom is 0.339 e. The van der Waals surface area contributed by atoms with Crippen molar-refractivity contribution in [3.63, 3.8) is 0 Å². The Hall–Kier alpha value is -2.75. The molecule has 0 atom stereocenters. The molecular formula is C16H13NO3. The van der Waals surface area contributed by atoms with Gasteiger partial charge in [-0.1, -0.05) is 36.4 Å². The van der Waals surface area contributed by atoms with Crippen molar-refractivity contribution in [2.45, 2.75) is 6.54 Å². The van der Waals surface area contributed by atoms with Gasteiger partial charge in [-0.15, -0.1) is 0 Å². The number of carbonyl (C=O) groups is 1. The van der Waals surface area contributed by atoms with Crippen molar-refractivity contribution < 1.29 is 14.3 Å². The molecule has 0 aliphatic heterocycles. The Morgan fingerprint density at radius 1 is 1.10 bits per heavy atom. The van der Waals surface area contributed by atoms with Crippen LogP contribution in [0.25, 0.3) is 10.8 Å². The highest BCUT2D eigenvalue weighted by atomic mass is 16.4. The zero-order valence-corrected chi connectivity index (χ0v) is 10.7. The van der Waals surface area contributed by atoms with Gasteiger partial charge in [-0.05, 0) is 17.5 Å². The molecule has 1 heterocycles. The first-order valence-electron chi connectivity index (χ1n) is 6.27. The minimum atomic E-state index is -0.978. The second kappa shape index (κ2) is 5.09. The Kier molecular flexibility index (Phi) is 3.13. The maximum atomic E-state index is 11.0. The summed E-state index contributed by atoms with van der Waals surface area (Å²) in [5, 5.41) is 14.5. The predicted molar refractivity (Wildman–Crippen MR) is 76.9 cm³/mol. The summed E-state index contributed by atoms with van der Waals surface area (Å²) in [5.41, 5.74) is 1.15. The monoisotopic (exact) mass is 267 g/mol. The van der Waals surface area contributed by atoms with Gasteiger partial charge in [0.05, 0.1) is 12.8 Å². The number of carboxylic acid groups (broad SMARTS) is 1. The lowest BCUT2D eigenvalue weighted by atomic mass is 10.1. The van der Waals surface area contributed by atoms with Gasteiger partial charge in [0.2, 0.25) is 0 Å². The lowest BCUT2D eigenvalue weighted by Crippen LogP contribution is -2.04. The fourth-order valence-corrected chi connectivity index (χ4v) is 2.22. The van der Waals surface area contributed by atoms with Crippen molar-refractivity contribution in [2.24, 2.45) is 0 Å². The summed E-state index contributed by atoms with van der Waals surface area (Å²) in [6.45, 7) is 0.336. The molecule has 2 aromatic carbocycles. The topological polar surface area (TPSA) is 62.5 Å². The van der Waals surface area contributed by atoms with Gasteiger partial charge < -0.3 is 14.8 Å². The smallest absolute Gasteiger partial charge is 0.339 e. The number of furan rings is 1. The largest absolute Gasteiger partial charge is 0.478 e. The Balaban J connectivity index is 1.87. The van der Waals surface area contributed by atoms with E-state index in [2.05, 4.69) is 5.32 Å². The van der Waals surface area contributed by atoms with Gasteiger partial charge in [-0.3, -0.25) is 0 Å². The summed E-state index contributed by atoms with van der Waals surface area (Å²) >= 11 is 0. The molecule has 3 aromatic rings. The van der Waals surface area contributed by atoms with Crippen molar-refractivity contribution in [1.82, 2.24) is 0 Å². The summed E-state index contributed by atoms with van der Waals surface area (Å²) in [6, 6.07) is 15.5. The average molecular weight is 267 g/mol. The van der Waals surface area contributed by atoms with E-state index in [0.717, 1.165) is 16.5 Å². The minimum Gasteiger partial charge on any atom is -0.478 e. The van der Waals surface area contributed by atoms with Crippen LogP contribution in [0.2, 0.25) is 0 Å². The van der Waals surface area contributed by atoms with E-state index in [9.17, 15) is 4.79 Å². The van der Waals surface area contributed by atoms with Crippen LogP contribution in [0.3, 0.4) is 0 Å². The second-order valence-corrected chi connectivity index (χ2v) is 4.44. The number of carboxylic acids is 1. The fraction of sp³-hybridized carbons (Fsp3) is 0.0625. The van der Waals surface area contributed by atoms with E-state index in [1.54, 1.807) is 0 Å². The number of anilines is 1. The van der Waals surface area contributed by atoms with Crippen molar-refractivity contribution in [1.29, 1.82) is 0 Å². The Bertz CT molecular complexity index is 756. The number of benzene rings is 2. The van der Waals surface area contributed by atoms with E-state index in [1.807, 2.05) is 42.5 Å². The standard InChI is InChI=1S/C16H13NO3/c18-16(19)13-8-9-20-15(13)10-17-14-7-3-5-11-4-1-2-6-12(11)14/h1-9,17H,10H2,(H,18,19). The van der Waals surface area contributed by atoms with Crippen LogP contribution in [-0.2, 0) is 6.54 Å². The van der Waals surface area contributed by atoms with E-state index in [0.29, 0.717) is 12.3 Å². The lowest BCUT2D eigenvalue weighted by molar-refractivity contribution is 0.0694. The first-order valence-corrected chi connectivity index (χ1v) is 6.27. The molecule has 0 bridgehead atoms. The molecule has 0 saturated carbocycles. The van der Waals surface area contributed by atoms with Crippen molar-refractivity contribution >= 4 is 22.4 Å². The number of hydrogen-bond donors (Lipinski definition) is 2. The van der Waals surface area contributed by atoms with Gasteiger partial charge in [-0.2, -0.15) is 0 Å². The Morgan fingerprint density at radius 3 is 2.75 bits per heavy atom. The summed E-state index contributed by atoms with van der Waals surface area (Å²) in [7, 11) is 0. The van der Waals surface area contributed by atoms with Crippen molar-refractivity contribution in [3.05, 3.63) is 66.1 Å².